The molecule has 0 unspecified atom stereocenters. The maximum atomic E-state index is 12.9. The summed E-state index contributed by atoms with van der Waals surface area (Å²) in [6.45, 7) is 0. The van der Waals surface area contributed by atoms with E-state index in [1.54, 1.807) is 6.33 Å². The molecular weight excluding hydrogens is 352 g/mol. The van der Waals surface area contributed by atoms with Crippen molar-refractivity contribution in [3.8, 4) is 5.69 Å². The highest BCUT2D eigenvalue weighted by atomic mass is 16.2. The third-order valence-corrected chi connectivity index (χ3v) is 5.83. The molecule has 7 nitrogen and oxygen atoms in total. The molecule has 1 amide bonds. The van der Waals surface area contributed by atoms with Gasteiger partial charge in [-0.3, -0.25) is 10.1 Å². The zero-order valence-corrected chi connectivity index (χ0v) is 15.8. The number of carbonyl (C=O) groups excluding carboxylic acids is 1. The number of rotatable bonds is 4. The second-order valence-electron chi connectivity index (χ2n) is 7.67. The van der Waals surface area contributed by atoms with Gasteiger partial charge in [0.25, 0.3) is 5.91 Å². The van der Waals surface area contributed by atoms with Gasteiger partial charge in [-0.05, 0) is 44.2 Å². The van der Waals surface area contributed by atoms with Gasteiger partial charge in [0, 0.05) is 11.3 Å². The summed E-state index contributed by atoms with van der Waals surface area (Å²) in [5.41, 5.74) is 3.66. The molecule has 2 aromatic heterocycles. The number of anilines is 1. The number of aromatic nitrogens is 5. The number of amides is 1. The minimum Gasteiger partial charge on any atom is -0.288 e. The second kappa shape index (κ2) is 7.22. The molecule has 0 spiro atoms. The molecule has 0 atom stereocenters. The smallest absolute Gasteiger partial charge is 0.278 e. The fourth-order valence-electron chi connectivity index (χ4n) is 4.42. The van der Waals surface area contributed by atoms with Crippen LogP contribution in [0.2, 0.25) is 0 Å². The van der Waals surface area contributed by atoms with E-state index in [0.717, 1.165) is 49.0 Å². The summed E-state index contributed by atoms with van der Waals surface area (Å²) >= 11 is 0. The van der Waals surface area contributed by atoms with Crippen LogP contribution in [0.3, 0.4) is 0 Å². The van der Waals surface area contributed by atoms with Crippen LogP contribution >= 0.6 is 0 Å². The summed E-state index contributed by atoms with van der Waals surface area (Å²) in [5, 5.41) is 12.0. The fraction of sp³-hybridized carbons (Fsp3) is 0.429. The predicted octanol–water partition coefficient (Wildman–Crippen LogP) is 3.71. The van der Waals surface area contributed by atoms with E-state index in [1.165, 1.54) is 19.3 Å². The maximum absolute atomic E-state index is 12.9. The van der Waals surface area contributed by atoms with E-state index in [4.69, 9.17) is 0 Å². The highest BCUT2D eigenvalue weighted by Crippen LogP contribution is 2.29. The number of para-hydroxylation sites is 1. The Balaban J connectivity index is 1.38. The van der Waals surface area contributed by atoms with E-state index < -0.39 is 0 Å². The summed E-state index contributed by atoms with van der Waals surface area (Å²) in [6, 6.07) is 10.4. The van der Waals surface area contributed by atoms with Gasteiger partial charge in [-0.25, -0.2) is 14.3 Å². The van der Waals surface area contributed by atoms with Crippen molar-refractivity contribution in [2.75, 3.05) is 5.32 Å². The van der Waals surface area contributed by atoms with E-state index >= 15 is 0 Å². The average molecular weight is 376 g/mol. The minimum atomic E-state index is -0.228. The molecular formula is C21H24N6O. The summed E-state index contributed by atoms with van der Waals surface area (Å²) < 4.78 is 3.81. The minimum absolute atomic E-state index is 0.228. The molecule has 0 saturated heterocycles. The Morgan fingerprint density at radius 1 is 1.00 bits per heavy atom. The maximum Gasteiger partial charge on any atom is 0.278 e. The SMILES string of the molecule is O=C(Nc1ncn(C2CCCCC2)n1)c1nn(-c2ccccc2)c2c1CCC2. The third-order valence-electron chi connectivity index (χ3n) is 5.83. The molecule has 0 radical (unpaired) electrons. The number of hydrogen-bond donors (Lipinski definition) is 1. The molecule has 0 aliphatic heterocycles. The van der Waals surface area contributed by atoms with E-state index in [2.05, 4.69) is 20.5 Å². The highest BCUT2D eigenvalue weighted by molar-refractivity contribution is 6.03. The number of nitrogens with zero attached hydrogens (tertiary/aromatic N) is 5. The average Bonchev–Trinajstić information content (AvgIpc) is 3.46. The van der Waals surface area contributed by atoms with Crippen LogP contribution in [0.25, 0.3) is 5.69 Å². The number of fused-ring (bicyclic) bond motifs is 1. The predicted molar refractivity (Wildman–Crippen MR) is 106 cm³/mol. The number of carbonyl (C=O) groups is 1. The van der Waals surface area contributed by atoms with Crippen molar-refractivity contribution in [1.29, 1.82) is 0 Å². The monoisotopic (exact) mass is 376 g/mol. The van der Waals surface area contributed by atoms with Gasteiger partial charge in [0.1, 0.15) is 6.33 Å². The quantitative estimate of drug-likeness (QED) is 0.753. The molecule has 1 saturated carbocycles. The first-order chi connectivity index (χ1) is 13.8. The van der Waals surface area contributed by atoms with E-state index in [0.29, 0.717) is 17.7 Å². The molecule has 3 aromatic rings. The zero-order valence-electron chi connectivity index (χ0n) is 15.8. The van der Waals surface area contributed by atoms with Crippen LogP contribution in [0.15, 0.2) is 36.7 Å². The Labute approximate surface area is 163 Å². The molecule has 2 aliphatic rings. The van der Waals surface area contributed by atoms with Gasteiger partial charge in [0.2, 0.25) is 5.95 Å². The Bertz CT molecular complexity index is 984. The number of hydrogen-bond acceptors (Lipinski definition) is 4. The van der Waals surface area contributed by atoms with Crippen molar-refractivity contribution in [2.45, 2.75) is 57.4 Å². The Hall–Kier alpha value is -2.96. The van der Waals surface area contributed by atoms with Crippen LogP contribution in [0, 0.1) is 0 Å². The van der Waals surface area contributed by atoms with Crippen molar-refractivity contribution in [3.05, 3.63) is 53.6 Å². The van der Waals surface area contributed by atoms with Crippen LogP contribution in [0.4, 0.5) is 5.95 Å². The summed E-state index contributed by atoms with van der Waals surface area (Å²) in [7, 11) is 0. The highest BCUT2D eigenvalue weighted by Gasteiger charge is 2.27. The lowest BCUT2D eigenvalue weighted by Crippen LogP contribution is -2.17. The first kappa shape index (κ1) is 17.2. The van der Waals surface area contributed by atoms with Gasteiger partial charge in [-0.2, -0.15) is 5.10 Å². The van der Waals surface area contributed by atoms with Crippen molar-refractivity contribution in [1.82, 2.24) is 24.5 Å². The first-order valence-corrected chi connectivity index (χ1v) is 10.2. The zero-order chi connectivity index (χ0) is 18.9. The van der Waals surface area contributed by atoms with Crippen LogP contribution in [0.5, 0.6) is 0 Å². The Kier molecular flexibility index (Phi) is 4.43. The Morgan fingerprint density at radius 3 is 2.64 bits per heavy atom. The van der Waals surface area contributed by atoms with E-state index in [9.17, 15) is 4.79 Å². The van der Waals surface area contributed by atoms with Gasteiger partial charge in [-0.1, -0.05) is 37.5 Å². The van der Waals surface area contributed by atoms with Crippen LogP contribution in [0.1, 0.15) is 66.3 Å². The van der Waals surface area contributed by atoms with Gasteiger partial charge >= 0.3 is 0 Å². The largest absolute Gasteiger partial charge is 0.288 e. The van der Waals surface area contributed by atoms with Gasteiger partial charge in [0.05, 0.1) is 11.7 Å². The standard InChI is InChI=1S/C21H24N6O/c28-20(23-21-22-14-26(25-21)15-8-3-1-4-9-15)19-17-12-7-13-18(17)27(24-19)16-10-5-2-6-11-16/h2,5-6,10-11,14-15H,1,3-4,7-9,12-13H2,(H,23,25,28). The number of nitrogens with one attached hydrogen (secondary N) is 1. The topological polar surface area (TPSA) is 77.6 Å². The van der Waals surface area contributed by atoms with Crippen LogP contribution in [-0.2, 0) is 12.8 Å². The molecule has 1 N–H and O–H groups in total. The summed E-state index contributed by atoms with van der Waals surface area (Å²) in [4.78, 5) is 17.2. The Morgan fingerprint density at radius 2 is 1.82 bits per heavy atom. The molecule has 28 heavy (non-hydrogen) atoms. The van der Waals surface area contributed by atoms with Crippen molar-refractivity contribution >= 4 is 11.9 Å². The normalized spacial score (nSPS) is 16.9. The summed E-state index contributed by atoms with van der Waals surface area (Å²) in [5.74, 6) is 0.130. The molecule has 0 bridgehead atoms. The molecule has 2 heterocycles. The van der Waals surface area contributed by atoms with Gasteiger partial charge < -0.3 is 0 Å². The molecule has 5 rings (SSSR count). The van der Waals surface area contributed by atoms with Gasteiger partial charge in [0.15, 0.2) is 5.69 Å². The lowest BCUT2D eigenvalue weighted by molar-refractivity contribution is 0.102. The second-order valence-corrected chi connectivity index (χ2v) is 7.67. The van der Waals surface area contributed by atoms with Crippen molar-refractivity contribution < 1.29 is 4.79 Å². The van der Waals surface area contributed by atoms with Crippen LogP contribution < -0.4 is 5.32 Å². The fourth-order valence-corrected chi connectivity index (χ4v) is 4.42. The summed E-state index contributed by atoms with van der Waals surface area (Å²) in [6.07, 6.45) is 10.6. The molecule has 7 heteroatoms. The number of benzene rings is 1. The van der Waals surface area contributed by atoms with E-state index in [-0.39, 0.29) is 5.91 Å². The van der Waals surface area contributed by atoms with E-state index in [1.807, 2.05) is 39.7 Å². The molecule has 1 aromatic carbocycles. The lowest BCUT2D eigenvalue weighted by atomic mass is 9.96. The van der Waals surface area contributed by atoms with Crippen LogP contribution in [-0.4, -0.2) is 30.5 Å². The molecule has 1 fully saturated rings. The lowest BCUT2D eigenvalue weighted by Gasteiger charge is -2.21. The molecule has 2 aliphatic carbocycles. The van der Waals surface area contributed by atoms with Crippen molar-refractivity contribution in [2.24, 2.45) is 0 Å². The van der Waals surface area contributed by atoms with Crippen molar-refractivity contribution in [3.63, 3.8) is 0 Å². The van der Waals surface area contributed by atoms with Gasteiger partial charge in [-0.15, -0.1) is 5.10 Å². The third kappa shape index (κ3) is 3.10. The first-order valence-electron chi connectivity index (χ1n) is 10.2. The molecule has 144 valence electrons.